The van der Waals surface area contributed by atoms with Crippen LogP contribution in [0.3, 0.4) is 0 Å². The Hall–Kier alpha value is -1.83. The second-order valence-electron chi connectivity index (χ2n) is 5.48. The van der Waals surface area contributed by atoms with E-state index in [0.717, 1.165) is 5.57 Å². The van der Waals surface area contributed by atoms with E-state index in [1.807, 2.05) is 13.0 Å². The third-order valence-electron chi connectivity index (χ3n) is 3.79. The average molecular weight is 305 g/mol. The van der Waals surface area contributed by atoms with Gasteiger partial charge in [0.25, 0.3) is 0 Å². The molecule has 0 bridgehead atoms. The second-order valence-corrected chi connectivity index (χ2v) is 5.89. The van der Waals surface area contributed by atoms with Gasteiger partial charge in [0, 0.05) is 5.69 Å². The van der Waals surface area contributed by atoms with Gasteiger partial charge >= 0.3 is 0 Å². The van der Waals surface area contributed by atoms with Crippen LogP contribution in [0.2, 0.25) is 5.02 Å². The summed E-state index contributed by atoms with van der Waals surface area (Å²) in [5.41, 5.74) is 1.82. The zero-order valence-electron chi connectivity index (χ0n) is 12.0. The van der Waals surface area contributed by atoms with Crippen molar-refractivity contribution in [2.75, 3.05) is 4.90 Å². The minimum atomic E-state index is -0.747. The molecule has 1 aliphatic rings. The Labute approximate surface area is 129 Å². The lowest BCUT2D eigenvalue weighted by Gasteiger charge is -2.23. The molecule has 1 aliphatic heterocycles. The average Bonchev–Trinajstić information content (AvgIpc) is 2.62. The molecule has 1 saturated heterocycles. The molecule has 3 atom stereocenters. The zero-order chi connectivity index (χ0) is 15.7. The lowest BCUT2D eigenvalue weighted by Crippen LogP contribution is -2.34. The van der Waals surface area contributed by atoms with Crippen LogP contribution in [0.1, 0.15) is 25.8 Å². The number of aliphatic hydroxyl groups is 1. The maximum Gasteiger partial charge on any atom is 0.233 e. The van der Waals surface area contributed by atoms with Crippen LogP contribution < -0.4 is 4.90 Å². The van der Waals surface area contributed by atoms with E-state index in [2.05, 4.69) is 6.58 Å². The SMILES string of the molecule is C=C(C)CC1C(=O)N(c2ccc(C#N)c(Cl)c2)C(C)C1O. The monoisotopic (exact) mass is 304 g/mol. The van der Waals surface area contributed by atoms with Gasteiger partial charge in [-0.15, -0.1) is 6.58 Å². The second kappa shape index (κ2) is 5.88. The number of halogens is 1. The summed E-state index contributed by atoms with van der Waals surface area (Å²) in [5.74, 6) is -0.620. The van der Waals surface area contributed by atoms with Crippen LogP contribution in [0.15, 0.2) is 30.4 Å². The summed E-state index contributed by atoms with van der Waals surface area (Å²) in [6.07, 6.45) is -0.284. The molecule has 1 heterocycles. The van der Waals surface area contributed by atoms with Crippen molar-refractivity contribution < 1.29 is 9.90 Å². The summed E-state index contributed by atoms with van der Waals surface area (Å²) in [6.45, 7) is 7.45. The van der Waals surface area contributed by atoms with E-state index in [9.17, 15) is 9.90 Å². The molecule has 1 aromatic carbocycles. The van der Waals surface area contributed by atoms with Crippen LogP contribution in [0.4, 0.5) is 5.69 Å². The van der Waals surface area contributed by atoms with Gasteiger partial charge in [-0.1, -0.05) is 17.2 Å². The minimum absolute atomic E-state index is 0.140. The van der Waals surface area contributed by atoms with Crippen molar-refractivity contribution in [2.45, 2.75) is 32.4 Å². The number of anilines is 1. The molecule has 2 rings (SSSR count). The van der Waals surface area contributed by atoms with Crippen molar-refractivity contribution >= 4 is 23.2 Å². The highest BCUT2D eigenvalue weighted by Crippen LogP contribution is 2.35. The molecule has 1 N–H and O–H groups in total. The minimum Gasteiger partial charge on any atom is -0.390 e. The van der Waals surface area contributed by atoms with Crippen LogP contribution in [-0.2, 0) is 4.79 Å². The first-order valence-electron chi connectivity index (χ1n) is 6.72. The lowest BCUT2D eigenvalue weighted by atomic mass is 9.95. The molecule has 21 heavy (non-hydrogen) atoms. The van der Waals surface area contributed by atoms with Crippen molar-refractivity contribution in [1.82, 2.24) is 0 Å². The fourth-order valence-corrected chi connectivity index (χ4v) is 2.92. The predicted molar refractivity (Wildman–Crippen MR) is 82.0 cm³/mol. The first kappa shape index (κ1) is 15.6. The first-order valence-corrected chi connectivity index (χ1v) is 7.09. The Balaban J connectivity index is 2.36. The Morgan fingerprint density at radius 3 is 2.76 bits per heavy atom. The molecule has 1 aromatic rings. The molecule has 3 unspecified atom stereocenters. The number of benzene rings is 1. The molecular formula is C16H17ClN2O2. The number of rotatable bonds is 3. The Bertz CT molecular complexity index is 636. The Morgan fingerprint density at radius 2 is 2.24 bits per heavy atom. The van der Waals surface area contributed by atoms with E-state index < -0.39 is 12.0 Å². The summed E-state index contributed by atoms with van der Waals surface area (Å²) in [5, 5.41) is 19.5. The van der Waals surface area contributed by atoms with E-state index in [0.29, 0.717) is 22.7 Å². The highest BCUT2D eigenvalue weighted by Gasteiger charge is 2.45. The van der Waals surface area contributed by atoms with Crippen LogP contribution >= 0.6 is 11.6 Å². The summed E-state index contributed by atoms with van der Waals surface area (Å²) in [4.78, 5) is 14.1. The number of aliphatic hydroxyl groups excluding tert-OH is 1. The number of hydrogen-bond donors (Lipinski definition) is 1. The van der Waals surface area contributed by atoms with Crippen molar-refractivity contribution in [2.24, 2.45) is 5.92 Å². The van der Waals surface area contributed by atoms with Crippen LogP contribution in [0.25, 0.3) is 0 Å². The van der Waals surface area contributed by atoms with Gasteiger partial charge in [0.1, 0.15) is 6.07 Å². The topological polar surface area (TPSA) is 64.3 Å². The maximum absolute atomic E-state index is 12.5. The summed E-state index contributed by atoms with van der Waals surface area (Å²) >= 11 is 6.02. The molecule has 5 heteroatoms. The molecular weight excluding hydrogens is 288 g/mol. The molecule has 0 radical (unpaired) electrons. The quantitative estimate of drug-likeness (QED) is 0.873. The number of nitriles is 1. The molecule has 0 saturated carbocycles. The normalized spacial score (nSPS) is 25.0. The standard InChI is InChI=1S/C16H17ClN2O2/c1-9(2)6-13-15(20)10(3)19(16(13)21)12-5-4-11(8-18)14(17)7-12/h4-5,7,10,13,15,20H,1,6H2,2-3H3. The molecule has 110 valence electrons. The smallest absolute Gasteiger partial charge is 0.233 e. The van der Waals surface area contributed by atoms with Gasteiger partial charge in [0.2, 0.25) is 5.91 Å². The van der Waals surface area contributed by atoms with Gasteiger partial charge in [-0.3, -0.25) is 4.79 Å². The lowest BCUT2D eigenvalue weighted by molar-refractivity contribution is -0.121. The van der Waals surface area contributed by atoms with E-state index in [1.165, 1.54) is 0 Å². The van der Waals surface area contributed by atoms with Crippen molar-refractivity contribution in [3.63, 3.8) is 0 Å². The van der Waals surface area contributed by atoms with Gasteiger partial charge < -0.3 is 10.0 Å². The van der Waals surface area contributed by atoms with Gasteiger partial charge in [-0.25, -0.2) is 0 Å². The number of allylic oxidation sites excluding steroid dienone is 1. The van der Waals surface area contributed by atoms with Crippen molar-refractivity contribution in [3.8, 4) is 6.07 Å². The molecule has 4 nitrogen and oxygen atoms in total. The zero-order valence-corrected chi connectivity index (χ0v) is 12.8. The number of nitrogens with zero attached hydrogens (tertiary/aromatic N) is 2. The Morgan fingerprint density at radius 1 is 1.57 bits per heavy atom. The largest absolute Gasteiger partial charge is 0.390 e. The van der Waals surface area contributed by atoms with E-state index in [-0.39, 0.29) is 11.9 Å². The molecule has 1 fully saturated rings. The number of hydrogen-bond acceptors (Lipinski definition) is 3. The Kier molecular flexibility index (Phi) is 4.36. The number of amides is 1. The highest BCUT2D eigenvalue weighted by atomic mass is 35.5. The van der Waals surface area contributed by atoms with Crippen molar-refractivity contribution in [1.29, 1.82) is 5.26 Å². The summed E-state index contributed by atoms with van der Waals surface area (Å²) < 4.78 is 0. The van der Waals surface area contributed by atoms with Crippen LogP contribution in [0, 0.1) is 17.2 Å². The van der Waals surface area contributed by atoms with Gasteiger partial charge in [0.15, 0.2) is 0 Å². The molecule has 0 spiro atoms. The summed E-state index contributed by atoms with van der Waals surface area (Å²) in [6, 6.07) is 6.48. The van der Waals surface area contributed by atoms with Gasteiger partial charge in [-0.05, 0) is 38.5 Å². The van der Waals surface area contributed by atoms with Crippen LogP contribution in [-0.4, -0.2) is 23.2 Å². The van der Waals surface area contributed by atoms with Gasteiger partial charge in [0.05, 0.1) is 28.6 Å². The fraction of sp³-hybridized carbons (Fsp3) is 0.375. The van der Waals surface area contributed by atoms with E-state index in [1.54, 1.807) is 30.0 Å². The third-order valence-corrected chi connectivity index (χ3v) is 4.10. The third kappa shape index (κ3) is 2.80. The highest BCUT2D eigenvalue weighted by molar-refractivity contribution is 6.32. The predicted octanol–water partition coefficient (Wildman–Crippen LogP) is 2.89. The van der Waals surface area contributed by atoms with Crippen molar-refractivity contribution in [3.05, 3.63) is 40.9 Å². The summed E-state index contributed by atoms with van der Waals surface area (Å²) in [7, 11) is 0. The van der Waals surface area contributed by atoms with Crippen LogP contribution in [0.5, 0.6) is 0 Å². The van der Waals surface area contributed by atoms with E-state index in [4.69, 9.17) is 16.9 Å². The van der Waals surface area contributed by atoms with Gasteiger partial charge in [-0.2, -0.15) is 5.26 Å². The molecule has 1 amide bonds. The number of carbonyl (C=O) groups excluding carboxylic acids is 1. The maximum atomic E-state index is 12.5. The van der Waals surface area contributed by atoms with E-state index >= 15 is 0 Å². The molecule has 0 aliphatic carbocycles. The fourth-order valence-electron chi connectivity index (χ4n) is 2.70. The number of carbonyl (C=O) groups is 1. The first-order chi connectivity index (χ1) is 9.86. The molecule has 0 aromatic heterocycles.